The SMILES string of the molecule is N=C(N)NCCCC(N)C(=O)O.NC(CC(=O)O)C(=O)O.NC(CC(=O)O)C(=O)O. The lowest BCUT2D eigenvalue weighted by atomic mass is 10.2. The average Bonchev–Trinajstić information content (AvgIpc) is 2.58. The molecule has 3 atom stereocenters. The summed E-state index contributed by atoms with van der Waals surface area (Å²) < 4.78 is 0. The molecular formula is C14H28N6O10. The Balaban J connectivity index is -0.000000371. The second-order valence-electron chi connectivity index (χ2n) is 5.51. The molecule has 0 aliphatic heterocycles. The molecule has 15 N–H and O–H groups in total. The van der Waals surface area contributed by atoms with Crippen LogP contribution in [0.1, 0.15) is 25.7 Å². The summed E-state index contributed by atoms with van der Waals surface area (Å²) in [7, 11) is 0. The molecule has 0 aliphatic rings. The number of carboxylic acids is 5. The molecule has 0 saturated heterocycles. The first-order valence-corrected chi connectivity index (χ1v) is 8.08. The summed E-state index contributed by atoms with van der Waals surface area (Å²) >= 11 is 0. The van der Waals surface area contributed by atoms with Crippen molar-refractivity contribution in [3.63, 3.8) is 0 Å². The van der Waals surface area contributed by atoms with Gasteiger partial charge in [0.15, 0.2) is 5.96 Å². The van der Waals surface area contributed by atoms with E-state index in [-0.39, 0.29) is 5.96 Å². The summed E-state index contributed by atoms with van der Waals surface area (Å²) in [5.74, 6) is -6.11. The monoisotopic (exact) mass is 440 g/mol. The molecule has 0 fully saturated rings. The van der Waals surface area contributed by atoms with Gasteiger partial charge in [-0.05, 0) is 12.8 Å². The third-order valence-electron chi connectivity index (χ3n) is 2.75. The van der Waals surface area contributed by atoms with Gasteiger partial charge >= 0.3 is 29.8 Å². The van der Waals surface area contributed by atoms with Crippen LogP contribution < -0.4 is 28.3 Å². The van der Waals surface area contributed by atoms with Gasteiger partial charge in [0.2, 0.25) is 0 Å². The molecule has 0 aromatic carbocycles. The first-order chi connectivity index (χ1) is 13.6. The second kappa shape index (κ2) is 17.6. The van der Waals surface area contributed by atoms with Crippen LogP contribution in [0.2, 0.25) is 0 Å². The van der Waals surface area contributed by atoms with E-state index in [1.54, 1.807) is 0 Å². The molecule has 0 spiro atoms. The van der Waals surface area contributed by atoms with Crippen molar-refractivity contribution in [1.29, 1.82) is 5.41 Å². The van der Waals surface area contributed by atoms with E-state index in [1.165, 1.54) is 0 Å². The summed E-state index contributed by atoms with van der Waals surface area (Å²) in [4.78, 5) is 49.4. The zero-order valence-electron chi connectivity index (χ0n) is 15.9. The van der Waals surface area contributed by atoms with Gasteiger partial charge in [0.1, 0.15) is 18.1 Å². The number of nitrogens with two attached hydrogens (primary N) is 4. The summed E-state index contributed by atoms with van der Waals surface area (Å²) in [6.07, 6.45) is -0.0900. The molecule has 16 nitrogen and oxygen atoms in total. The summed E-state index contributed by atoms with van der Waals surface area (Å²) in [5.41, 5.74) is 19.9. The van der Waals surface area contributed by atoms with Crippen molar-refractivity contribution in [2.24, 2.45) is 22.9 Å². The van der Waals surface area contributed by atoms with Crippen molar-refractivity contribution in [2.45, 2.75) is 43.8 Å². The lowest BCUT2D eigenvalue weighted by Crippen LogP contribution is -2.34. The van der Waals surface area contributed by atoms with Crippen LogP contribution in [0.5, 0.6) is 0 Å². The number of hydrogen-bond acceptors (Lipinski definition) is 9. The van der Waals surface area contributed by atoms with Crippen LogP contribution in [0.3, 0.4) is 0 Å². The largest absolute Gasteiger partial charge is 0.481 e. The number of hydrogen-bond donors (Lipinski definition) is 11. The molecule has 0 aromatic rings. The van der Waals surface area contributed by atoms with E-state index < -0.39 is 60.8 Å². The Morgan fingerprint density at radius 3 is 1.27 bits per heavy atom. The minimum atomic E-state index is -1.29. The van der Waals surface area contributed by atoms with Gasteiger partial charge in [0, 0.05) is 6.54 Å². The zero-order chi connectivity index (χ0) is 24.4. The van der Waals surface area contributed by atoms with Crippen molar-refractivity contribution in [3.05, 3.63) is 0 Å². The van der Waals surface area contributed by atoms with E-state index in [4.69, 9.17) is 53.9 Å². The molecule has 0 saturated carbocycles. The van der Waals surface area contributed by atoms with E-state index in [0.29, 0.717) is 19.4 Å². The number of aliphatic carboxylic acids is 5. The smallest absolute Gasteiger partial charge is 0.321 e. The number of guanidine groups is 1. The van der Waals surface area contributed by atoms with Crippen LogP contribution in [0, 0.1) is 5.41 Å². The van der Waals surface area contributed by atoms with Crippen molar-refractivity contribution in [3.8, 4) is 0 Å². The standard InChI is InChI=1S/C6H14N4O2.2C4H7NO4/c7-4(5(11)12)2-1-3-10-6(8)9;2*5-2(4(8)9)1-3(6)7/h4H,1-3,7H2,(H,11,12)(H4,8,9,10);2*2H,1,5H2,(H,6,7)(H,8,9). The van der Waals surface area contributed by atoms with E-state index in [0.717, 1.165) is 0 Å². The highest BCUT2D eigenvalue weighted by Gasteiger charge is 2.15. The normalized spacial score (nSPS) is 12.4. The molecule has 0 radical (unpaired) electrons. The van der Waals surface area contributed by atoms with E-state index in [1.807, 2.05) is 0 Å². The average molecular weight is 440 g/mol. The topological polar surface area (TPSA) is 326 Å². The third kappa shape index (κ3) is 24.5. The van der Waals surface area contributed by atoms with Crippen LogP contribution >= 0.6 is 0 Å². The molecule has 0 aliphatic carbocycles. The van der Waals surface area contributed by atoms with Crippen LogP contribution in [-0.2, 0) is 24.0 Å². The molecule has 3 unspecified atom stereocenters. The quantitative estimate of drug-likeness (QED) is 0.0839. The van der Waals surface area contributed by atoms with Crippen LogP contribution in [0.25, 0.3) is 0 Å². The maximum Gasteiger partial charge on any atom is 0.321 e. The van der Waals surface area contributed by atoms with Crippen LogP contribution in [-0.4, -0.2) is 86.0 Å². The fourth-order valence-corrected chi connectivity index (χ4v) is 1.22. The van der Waals surface area contributed by atoms with Gasteiger partial charge in [0.25, 0.3) is 0 Å². The predicted octanol–water partition coefficient (Wildman–Crippen LogP) is -3.59. The Morgan fingerprint density at radius 2 is 1.07 bits per heavy atom. The summed E-state index contributed by atoms with van der Waals surface area (Å²) in [6, 6.07) is -3.40. The molecular weight excluding hydrogens is 412 g/mol. The zero-order valence-corrected chi connectivity index (χ0v) is 15.9. The molecule has 0 bridgehead atoms. The van der Waals surface area contributed by atoms with Crippen LogP contribution in [0.15, 0.2) is 0 Å². The molecule has 0 amide bonds. The Morgan fingerprint density at radius 1 is 0.733 bits per heavy atom. The van der Waals surface area contributed by atoms with Gasteiger partial charge in [-0.1, -0.05) is 0 Å². The molecule has 30 heavy (non-hydrogen) atoms. The molecule has 0 rings (SSSR count). The lowest BCUT2D eigenvalue weighted by Gasteiger charge is -2.06. The highest BCUT2D eigenvalue weighted by Crippen LogP contribution is 1.92. The predicted molar refractivity (Wildman–Crippen MR) is 100 cm³/mol. The fraction of sp³-hybridized carbons (Fsp3) is 0.571. The number of rotatable bonds is 11. The second-order valence-corrected chi connectivity index (χ2v) is 5.51. The lowest BCUT2D eigenvalue weighted by molar-refractivity contribution is -0.144. The summed E-state index contributed by atoms with van der Waals surface area (Å²) in [6.45, 7) is 0.482. The Kier molecular flexibility index (Phi) is 18.3. The maximum absolute atomic E-state index is 10.2. The van der Waals surface area contributed by atoms with Gasteiger partial charge < -0.3 is 53.8 Å². The first-order valence-electron chi connectivity index (χ1n) is 8.08. The molecule has 174 valence electrons. The van der Waals surface area contributed by atoms with Crippen molar-refractivity contribution in [1.82, 2.24) is 5.32 Å². The molecule has 16 heteroatoms. The molecule has 0 heterocycles. The summed E-state index contributed by atoms with van der Waals surface area (Å²) in [5, 5.41) is 49.8. The number of nitrogens with one attached hydrogen (secondary N) is 2. The van der Waals surface area contributed by atoms with Crippen molar-refractivity contribution < 1.29 is 49.5 Å². The van der Waals surface area contributed by atoms with Gasteiger partial charge in [-0.15, -0.1) is 0 Å². The van der Waals surface area contributed by atoms with Gasteiger partial charge in [-0.3, -0.25) is 29.4 Å². The van der Waals surface area contributed by atoms with Gasteiger partial charge in [-0.2, -0.15) is 0 Å². The molecule has 0 aromatic heterocycles. The minimum Gasteiger partial charge on any atom is -0.481 e. The number of carboxylic acid groups (broad SMARTS) is 5. The van der Waals surface area contributed by atoms with Crippen LogP contribution in [0.4, 0.5) is 0 Å². The first kappa shape index (κ1) is 31.2. The van der Waals surface area contributed by atoms with Gasteiger partial charge in [0.05, 0.1) is 12.8 Å². The van der Waals surface area contributed by atoms with Gasteiger partial charge in [-0.25, -0.2) is 0 Å². The Bertz CT molecular complexity index is 568. The fourth-order valence-electron chi connectivity index (χ4n) is 1.22. The third-order valence-corrected chi connectivity index (χ3v) is 2.75. The van der Waals surface area contributed by atoms with E-state index in [9.17, 15) is 24.0 Å². The highest BCUT2D eigenvalue weighted by molar-refractivity contribution is 5.80. The Hall–Kier alpha value is -3.50. The minimum absolute atomic E-state index is 0.112. The maximum atomic E-state index is 10.2. The number of carbonyl (C=O) groups is 5. The Labute approximate surface area is 170 Å². The van der Waals surface area contributed by atoms with Crippen molar-refractivity contribution >= 4 is 35.8 Å². The van der Waals surface area contributed by atoms with E-state index >= 15 is 0 Å². The van der Waals surface area contributed by atoms with Crippen molar-refractivity contribution in [2.75, 3.05) is 6.54 Å². The van der Waals surface area contributed by atoms with E-state index in [2.05, 4.69) is 5.32 Å². The highest BCUT2D eigenvalue weighted by atomic mass is 16.4.